The van der Waals surface area contributed by atoms with Gasteiger partial charge < -0.3 is 4.74 Å². The van der Waals surface area contributed by atoms with Gasteiger partial charge in [0, 0.05) is 41.5 Å². The lowest BCUT2D eigenvalue weighted by Crippen LogP contribution is -2.38. The van der Waals surface area contributed by atoms with Crippen molar-refractivity contribution in [1.82, 2.24) is 0 Å². The number of carbonyl (C=O) groups is 2. The van der Waals surface area contributed by atoms with Crippen LogP contribution < -0.4 is 0 Å². The molecule has 0 spiro atoms. The smallest absolute Gasteiger partial charge is 0.315 e. The molecule has 0 bridgehead atoms. The van der Waals surface area contributed by atoms with Crippen molar-refractivity contribution in [2.45, 2.75) is 70.3 Å². The Morgan fingerprint density at radius 2 is 1.93 bits per heavy atom. The van der Waals surface area contributed by atoms with Gasteiger partial charge in [-0.05, 0) is 51.0 Å². The maximum atomic E-state index is 13.3. The summed E-state index contributed by atoms with van der Waals surface area (Å²) in [5.41, 5.74) is 2.38. The van der Waals surface area contributed by atoms with Crippen LogP contribution in [0.4, 0.5) is 5.69 Å². The molecule has 2 atom stereocenters. The zero-order chi connectivity index (χ0) is 21.3. The predicted octanol–water partition coefficient (Wildman–Crippen LogP) is 4.65. The number of rotatable bonds is 4. The van der Waals surface area contributed by atoms with Crippen LogP contribution in [0.1, 0.15) is 69.8 Å². The first-order valence-electron chi connectivity index (χ1n) is 10.7. The van der Waals surface area contributed by atoms with E-state index in [-0.39, 0.29) is 23.5 Å². The van der Waals surface area contributed by atoms with Gasteiger partial charge in [0.1, 0.15) is 12.0 Å². The van der Waals surface area contributed by atoms with Gasteiger partial charge in [-0.1, -0.05) is 18.6 Å². The summed E-state index contributed by atoms with van der Waals surface area (Å²) in [4.78, 5) is 41.7. The van der Waals surface area contributed by atoms with E-state index in [0.29, 0.717) is 35.4 Å². The second-order valence-electron chi connectivity index (χ2n) is 8.39. The standard InChI is InChI=1S/C23H26N2O5/c1-14-20(23(27)30-17-9-3-2-4-10-17)21(15-7-5-8-16(13-15)25(28)29)22-18(24-14)11-6-12-19(22)26/h5,7-8,13,17,20-21H,2-4,6,9-12H2,1H3/t20?,21-/m1/s1. The summed E-state index contributed by atoms with van der Waals surface area (Å²) >= 11 is 0. The van der Waals surface area contributed by atoms with Gasteiger partial charge in [-0.3, -0.25) is 24.7 Å². The fourth-order valence-electron chi connectivity index (χ4n) is 4.92. The van der Waals surface area contributed by atoms with Gasteiger partial charge in [-0.15, -0.1) is 0 Å². The SMILES string of the molecule is CC1=NC2=C(C(=O)CCC2)[C@H](c2cccc([N+](=O)[O-])c2)C1C(=O)OC1CCCCC1. The van der Waals surface area contributed by atoms with Crippen LogP contribution in [0.3, 0.4) is 0 Å². The Kier molecular flexibility index (Phi) is 5.79. The molecule has 4 rings (SSSR count). The van der Waals surface area contributed by atoms with E-state index in [2.05, 4.69) is 4.99 Å². The van der Waals surface area contributed by atoms with Crippen LogP contribution in [0.25, 0.3) is 0 Å². The second kappa shape index (κ2) is 8.50. The van der Waals surface area contributed by atoms with Crippen LogP contribution >= 0.6 is 0 Å². The van der Waals surface area contributed by atoms with Crippen molar-refractivity contribution >= 4 is 23.2 Å². The number of hydrogen-bond acceptors (Lipinski definition) is 6. The lowest BCUT2D eigenvalue weighted by molar-refractivity contribution is -0.384. The normalized spacial score (nSPS) is 24.8. The molecule has 0 amide bonds. The van der Waals surface area contributed by atoms with E-state index in [9.17, 15) is 19.7 Å². The maximum Gasteiger partial charge on any atom is 0.315 e. The molecule has 3 aliphatic rings. The van der Waals surface area contributed by atoms with E-state index in [1.165, 1.54) is 12.1 Å². The van der Waals surface area contributed by atoms with Gasteiger partial charge in [0.05, 0.1) is 4.92 Å². The molecule has 1 aromatic rings. The molecule has 2 aliphatic carbocycles. The molecule has 1 aromatic carbocycles. The largest absolute Gasteiger partial charge is 0.462 e. The molecule has 1 fully saturated rings. The summed E-state index contributed by atoms with van der Waals surface area (Å²) in [5, 5.41) is 11.3. The summed E-state index contributed by atoms with van der Waals surface area (Å²) < 4.78 is 5.86. The van der Waals surface area contributed by atoms with Gasteiger partial charge >= 0.3 is 5.97 Å². The molecular formula is C23H26N2O5. The fourth-order valence-corrected chi connectivity index (χ4v) is 4.92. The highest BCUT2D eigenvalue weighted by molar-refractivity contribution is 6.08. The molecule has 7 heteroatoms. The number of non-ortho nitro benzene ring substituents is 1. The van der Waals surface area contributed by atoms with Crippen molar-refractivity contribution < 1.29 is 19.2 Å². The van der Waals surface area contributed by atoms with Crippen LogP contribution in [-0.4, -0.2) is 28.5 Å². The number of benzene rings is 1. The Bertz CT molecular complexity index is 943. The minimum Gasteiger partial charge on any atom is -0.462 e. The van der Waals surface area contributed by atoms with E-state index >= 15 is 0 Å². The van der Waals surface area contributed by atoms with Gasteiger partial charge in [0.25, 0.3) is 5.69 Å². The number of nitro groups is 1. The second-order valence-corrected chi connectivity index (χ2v) is 8.39. The number of nitro benzene ring substituents is 1. The fraction of sp³-hybridized carbons (Fsp3) is 0.522. The number of carbonyl (C=O) groups excluding carboxylic acids is 2. The molecule has 1 heterocycles. The number of esters is 1. The molecule has 30 heavy (non-hydrogen) atoms. The topological polar surface area (TPSA) is 98.9 Å². The quantitative estimate of drug-likeness (QED) is 0.409. The van der Waals surface area contributed by atoms with Crippen molar-refractivity contribution in [3.63, 3.8) is 0 Å². The number of nitrogens with zero attached hydrogens (tertiary/aromatic N) is 2. The van der Waals surface area contributed by atoms with Crippen molar-refractivity contribution in [3.8, 4) is 0 Å². The van der Waals surface area contributed by atoms with Crippen LogP contribution in [-0.2, 0) is 14.3 Å². The highest BCUT2D eigenvalue weighted by atomic mass is 16.6. The molecule has 1 unspecified atom stereocenters. The maximum absolute atomic E-state index is 13.3. The summed E-state index contributed by atoms with van der Waals surface area (Å²) in [6, 6.07) is 6.24. The van der Waals surface area contributed by atoms with Crippen LogP contribution in [0, 0.1) is 16.0 Å². The van der Waals surface area contributed by atoms with Gasteiger partial charge in [-0.25, -0.2) is 0 Å². The zero-order valence-electron chi connectivity index (χ0n) is 17.1. The average Bonchev–Trinajstić information content (AvgIpc) is 2.73. The van der Waals surface area contributed by atoms with Crippen molar-refractivity contribution in [1.29, 1.82) is 0 Å². The predicted molar refractivity (Wildman–Crippen MR) is 111 cm³/mol. The number of Topliss-reactive ketones (excluding diaryl/α,β-unsaturated/α-hetero) is 1. The average molecular weight is 410 g/mol. The van der Waals surface area contributed by atoms with Gasteiger partial charge in [-0.2, -0.15) is 0 Å². The molecule has 0 radical (unpaired) electrons. The first-order chi connectivity index (χ1) is 14.5. The number of ether oxygens (including phenoxy) is 1. The van der Waals surface area contributed by atoms with Crippen molar-refractivity contribution in [2.24, 2.45) is 10.9 Å². The minimum atomic E-state index is -0.741. The van der Waals surface area contributed by atoms with E-state index in [1.54, 1.807) is 19.1 Å². The zero-order valence-corrected chi connectivity index (χ0v) is 17.1. The summed E-state index contributed by atoms with van der Waals surface area (Å²) in [6.45, 7) is 1.79. The number of hydrogen-bond donors (Lipinski definition) is 0. The lowest BCUT2D eigenvalue weighted by atomic mass is 9.71. The third-order valence-electron chi connectivity index (χ3n) is 6.36. The van der Waals surface area contributed by atoms with Crippen molar-refractivity contribution in [2.75, 3.05) is 0 Å². The molecule has 0 aromatic heterocycles. The summed E-state index contributed by atoms with van der Waals surface area (Å²) in [5.74, 6) is -1.75. The number of allylic oxidation sites excluding steroid dienone is 2. The molecule has 1 saturated carbocycles. The Hall–Kier alpha value is -2.83. The molecule has 0 N–H and O–H groups in total. The lowest BCUT2D eigenvalue weighted by Gasteiger charge is -2.35. The Morgan fingerprint density at radius 3 is 2.67 bits per heavy atom. The third-order valence-corrected chi connectivity index (χ3v) is 6.36. The Balaban J connectivity index is 1.75. The van der Waals surface area contributed by atoms with Crippen LogP contribution in [0.2, 0.25) is 0 Å². The minimum absolute atomic E-state index is 0.0283. The molecule has 158 valence electrons. The molecule has 7 nitrogen and oxygen atoms in total. The first kappa shape index (κ1) is 20.4. The number of aliphatic imine (C=N–C) groups is 1. The van der Waals surface area contributed by atoms with E-state index in [0.717, 1.165) is 38.5 Å². The van der Waals surface area contributed by atoms with Crippen LogP contribution in [0.15, 0.2) is 40.5 Å². The number of ketones is 1. The van der Waals surface area contributed by atoms with Gasteiger partial charge in [0.2, 0.25) is 0 Å². The van der Waals surface area contributed by atoms with Crippen molar-refractivity contribution in [3.05, 3.63) is 51.2 Å². The third kappa shape index (κ3) is 3.93. The highest BCUT2D eigenvalue weighted by Gasteiger charge is 2.44. The monoisotopic (exact) mass is 410 g/mol. The van der Waals surface area contributed by atoms with Crippen LogP contribution in [0.5, 0.6) is 0 Å². The Labute approximate surface area is 175 Å². The molecular weight excluding hydrogens is 384 g/mol. The van der Waals surface area contributed by atoms with E-state index in [1.807, 2.05) is 0 Å². The van der Waals surface area contributed by atoms with Gasteiger partial charge in [0.15, 0.2) is 5.78 Å². The highest BCUT2D eigenvalue weighted by Crippen LogP contribution is 2.44. The molecule has 0 saturated heterocycles. The first-order valence-corrected chi connectivity index (χ1v) is 10.7. The Morgan fingerprint density at radius 1 is 1.17 bits per heavy atom. The van der Waals surface area contributed by atoms with E-state index in [4.69, 9.17) is 4.74 Å². The summed E-state index contributed by atoms with van der Waals surface area (Å²) in [7, 11) is 0. The summed E-state index contributed by atoms with van der Waals surface area (Å²) in [6.07, 6.45) is 6.63. The van der Waals surface area contributed by atoms with E-state index < -0.39 is 16.8 Å². The molecule has 1 aliphatic heterocycles.